The lowest BCUT2D eigenvalue weighted by Crippen LogP contribution is -2.43. The van der Waals surface area contributed by atoms with E-state index in [0.717, 1.165) is 16.4 Å². The fourth-order valence-electron chi connectivity index (χ4n) is 4.05. The van der Waals surface area contributed by atoms with E-state index in [1.54, 1.807) is 12.3 Å². The zero-order chi connectivity index (χ0) is 15.5. The van der Waals surface area contributed by atoms with Gasteiger partial charge in [0.1, 0.15) is 11.6 Å². The summed E-state index contributed by atoms with van der Waals surface area (Å²) in [4.78, 5) is 29.5. The standard InChI is InChI=1S/C16H19IN2O2/c1-14(2)15(3)6-7-16(14,8-11(15)20)13(21)19-12-5-4-10(17)9-18-12/h4-5,9H,6-8H2,1-3H3,(H,18,19,21)/t15-,16-/m1/s1. The number of carbonyl (C=O) groups excluding carboxylic acids is 2. The number of rotatable bonds is 2. The molecule has 2 fully saturated rings. The molecule has 0 saturated heterocycles. The van der Waals surface area contributed by atoms with Gasteiger partial charge in [0.15, 0.2) is 0 Å². The first-order valence-corrected chi connectivity index (χ1v) is 8.27. The number of hydrogen-bond acceptors (Lipinski definition) is 3. The molecule has 3 rings (SSSR count). The Balaban J connectivity index is 1.91. The number of fused-ring (bicyclic) bond motifs is 2. The SMILES string of the molecule is CC1(C)[C@]2(C(=O)Nc3ccc(I)cn3)CC[C@]1(C)C(=O)C2. The molecule has 0 aliphatic heterocycles. The van der Waals surface area contributed by atoms with E-state index >= 15 is 0 Å². The molecule has 2 saturated carbocycles. The van der Waals surface area contributed by atoms with Crippen molar-refractivity contribution in [3.8, 4) is 0 Å². The predicted octanol–water partition coefficient (Wildman–Crippen LogP) is 3.41. The third-order valence-corrected chi connectivity index (χ3v) is 6.75. The van der Waals surface area contributed by atoms with Crippen molar-refractivity contribution in [2.75, 3.05) is 5.32 Å². The maximum Gasteiger partial charge on any atom is 0.232 e. The molecule has 0 spiro atoms. The molecule has 2 aliphatic rings. The number of Topliss-reactive ketones (excluding diaryl/α,β-unsaturated/α-hetero) is 1. The lowest BCUT2D eigenvalue weighted by Gasteiger charge is -2.38. The molecule has 5 heteroatoms. The minimum Gasteiger partial charge on any atom is -0.310 e. The molecule has 21 heavy (non-hydrogen) atoms. The molecule has 0 unspecified atom stereocenters. The van der Waals surface area contributed by atoms with Crippen molar-refractivity contribution in [2.24, 2.45) is 16.2 Å². The summed E-state index contributed by atoms with van der Waals surface area (Å²) < 4.78 is 1.02. The van der Waals surface area contributed by atoms with E-state index in [2.05, 4.69) is 46.7 Å². The van der Waals surface area contributed by atoms with Gasteiger partial charge >= 0.3 is 0 Å². The number of aromatic nitrogens is 1. The van der Waals surface area contributed by atoms with Crippen LogP contribution in [0.3, 0.4) is 0 Å². The second-order valence-corrected chi connectivity index (χ2v) is 8.20. The summed E-state index contributed by atoms with van der Waals surface area (Å²) in [6, 6.07) is 3.71. The van der Waals surface area contributed by atoms with Crippen LogP contribution in [0.25, 0.3) is 0 Å². The molecular formula is C16H19IN2O2. The molecule has 1 N–H and O–H groups in total. The number of amides is 1. The van der Waals surface area contributed by atoms with Crippen LogP contribution in [0.1, 0.15) is 40.0 Å². The van der Waals surface area contributed by atoms with E-state index in [9.17, 15) is 9.59 Å². The number of hydrogen-bond donors (Lipinski definition) is 1. The normalized spacial score (nSPS) is 33.2. The summed E-state index contributed by atoms with van der Waals surface area (Å²) >= 11 is 2.18. The second-order valence-electron chi connectivity index (χ2n) is 6.95. The van der Waals surface area contributed by atoms with Gasteiger partial charge in [0.05, 0.1) is 5.41 Å². The average Bonchev–Trinajstić information content (AvgIpc) is 2.72. The molecule has 2 bridgehead atoms. The van der Waals surface area contributed by atoms with E-state index in [4.69, 9.17) is 0 Å². The molecular weight excluding hydrogens is 379 g/mol. The number of pyridine rings is 1. The van der Waals surface area contributed by atoms with Crippen LogP contribution in [0.4, 0.5) is 5.82 Å². The first-order chi connectivity index (χ1) is 9.73. The Hall–Kier alpha value is -0.980. The van der Waals surface area contributed by atoms with Crippen molar-refractivity contribution in [2.45, 2.75) is 40.0 Å². The van der Waals surface area contributed by atoms with Crippen LogP contribution < -0.4 is 5.32 Å². The van der Waals surface area contributed by atoms with Gasteiger partial charge < -0.3 is 5.32 Å². The minimum atomic E-state index is -0.594. The van der Waals surface area contributed by atoms with Gasteiger partial charge in [-0.3, -0.25) is 9.59 Å². The van der Waals surface area contributed by atoms with Crippen LogP contribution >= 0.6 is 22.6 Å². The number of ketones is 1. The third-order valence-electron chi connectivity index (χ3n) is 6.11. The predicted molar refractivity (Wildman–Crippen MR) is 88.8 cm³/mol. The highest BCUT2D eigenvalue weighted by molar-refractivity contribution is 14.1. The summed E-state index contributed by atoms with van der Waals surface area (Å²) in [5, 5.41) is 2.92. The number of carbonyl (C=O) groups is 2. The summed E-state index contributed by atoms with van der Waals surface area (Å²) in [6.07, 6.45) is 3.65. The van der Waals surface area contributed by atoms with Crippen LogP contribution in [-0.2, 0) is 9.59 Å². The van der Waals surface area contributed by atoms with E-state index in [0.29, 0.717) is 12.2 Å². The van der Waals surface area contributed by atoms with Crippen LogP contribution in [-0.4, -0.2) is 16.7 Å². The summed E-state index contributed by atoms with van der Waals surface area (Å²) in [5.74, 6) is 0.721. The quantitative estimate of drug-likeness (QED) is 0.777. The highest BCUT2D eigenvalue weighted by Crippen LogP contribution is 2.70. The molecule has 1 amide bonds. The van der Waals surface area contributed by atoms with Crippen LogP contribution in [0.2, 0.25) is 0 Å². The maximum atomic E-state index is 12.9. The number of nitrogens with zero attached hydrogens (tertiary/aromatic N) is 1. The van der Waals surface area contributed by atoms with Crippen molar-refractivity contribution < 1.29 is 9.59 Å². The van der Waals surface area contributed by atoms with Gasteiger partial charge in [0.25, 0.3) is 0 Å². The first kappa shape index (κ1) is 14.9. The third kappa shape index (κ3) is 1.82. The fraction of sp³-hybridized carbons (Fsp3) is 0.562. The molecule has 112 valence electrons. The van der Waals surface area contributed by atoms with E-state index in [1.165, 1.54) is 0 Å². The lowest BCUT2D eigenvalue weighted by atomic mass is 9.64. The van der Waals surface area contributed by atoms with E-state index < -0.39 is 5.41 Å². The van der Waals surface area contributed by atoms with Gasteiger partial charge in [-0.2, -0.15) is 0 Å². The van der Waals surface area contributed by atoms with Gasteiger partial charge in [0, 0.05) is 21.6 Å². The molecule has 0 radical (unpaired) electrons. The zero-order valence-electron chi connectivity index (χ0n) is 12.5. The van der Waals surface area contributed by atoms with Crippen molar-refractivity contribution in [1.29, 1.82) is 0 Å². The Morgan fingerprint density at radius 2 is 2.00 bits per heavy atom. The molecule has 1 aromatic heterocycles. The van der Waals surface area contributed by atoms with E-state index in [-0.39, 0.29) is 22.5 Å². The Morgan fingerprint density at radius 3 is 2.48 bits per heavy atom. The van der Waals surface area contributed by atoms with Crippen molar-refractivity contribution >= 4 is 40.1 Å². The van der Waals surface area contributed by atoms with E-state index in [1.807, 2.05) is 13.0 Å². The second kappa shape index (κ2) is 4.51. The lowest BCUT2D eigenvalue weighted by molar-refractivity contribution is -0.131. The van der Waals surface area contributed by atoms with Crippen molar-refractivity contribution in [3.05, 3.63) is 21.9 Å². The molecule has 4 nitrogen and oxygen atoms in total. The summed E-state index contributed by atoms with van der Waals surface area (Å²) in [6.45, 7) is 6.14. The van der Waals surface area contributed by atoms with Gasteiger partial charge in [-0.15, -0.1) is 0 Å². The smallest absolute Gasteiger partial charge is 0.232 e. The monoisotopic (exact) mass is 398 g/mol. The number of halogens is 1. The van der Waals surface area contributed by atoms with Crippen molar-refractivity contribution in [1.82, 2.24) is 4.98 Å². The summed E-state index contributed by atoms with van der Waals surface area (Å²) in [7, 11) is 0. The minimum absolute atomic E-state index is 0.0595. The molecule has 2 aliphatic carbocycles. The number of anilines is 1. The van der Waals surface area contributed by atoms with Gasteiger partial charge in [-0.25, -0.2) is 4.98 Å². The van der Waals surface area contributed by atoms with Gasteiger partial charge in [0.2, 0.25) is 5.91 Å². The average molecular weight is 398 g/mol. The fourth-order valence-corrected chi connectivity index (χ4v) is 4.37. The topological polar surface area (TPSA) is 59.1 Å². The maximum absolute atomic E-state index is 12.9. The Kier molecular flexibility index (Phi) is 3.21. The molecule has 0 aromatic carbocycles. The van der Waals surface area contributed by atoms with Crippen LogP contribution in [0.5, 0.6) is 0 Å². The molecule has 1 heterocycles. The largest absolute Gasteiger partial charge is 0.310 e. The Labute approximate surface area is 138 Å². The molecule has 1 aromatic rings. The Morgan fingerprint density at radius 1 is 1.29 bits per heavy atom. The van der Waals surface area contributed by atoms with Crippen LogP contribution in [0.15, 0.2) is 18.3 Å². The van der Waals surface area contributed by atoms with Gasteiger partial charge in [-0.05, 0) is 53.0 Å². The highest BCUT2D eigenvalue weighted by Gasteiger charge is 2.72. The molecule has 2 atom stereocenters. The van der Waals surface area contributed by atoms with Crippen LogP contribution in [0, 0.1) is 19.8 Å². The Bertz CT molecular complexity index is 626. The van der Waals surface area contributed by atoms with Crippen molar-refractivity contribution in [3.63, 3.8) is 0 Å². The number of nitrogens with one attached hydrogen (secondary N) is 1. The van der Waals surface area contributed by atoms with Gasteiger partial charge in [-0.1, -0.05) is 20.8 Å². The summed E-state index contributed by atoms with van der Waals surface area (Å²) in [5.41, 5.74) is -1.28. The zero-order valence-corrected chi connectivity index (χ0v) is 14.7. The highest BCUT2D eigenvalue weighted by atomic mass is 127. The first-order valence-electron chi connectivity index (χ1n) is 7.19.